The Bertz CT molecular complexity index is 1400. The third kappa shape index (κ3) is 4.39. The monoisotopic (exact) mass is 465 g/mol. The van der Waals surface area contributed by atoms with E-state index in [1.54, 1.807) is 13.8 Å². The molecule has 0 aliphatic carbocycles. The molecule has 0 saturated heterocycles. The summed E-state index contributed by atoms with van der Waals surface area (Å²) < 4.78 is 60.1. The van der Waals surface area contributed by atoms with E-state index < -0.39 is 61.4 Å². The van der Waals surface area contributed by atoms with Gasteiger partial charge in [0.15, 0.2) is 17.5 Å². The minimum atomic E-state index is -4.06. The van der Waals surface area contributed by atoms with Crippen molar-refractivity contribution in [3.05, 3.63) is 63.2 Å². The highest BCUT2D eigenvalue weighted by molar-refractivity contribution is 7.85. The second kappa shape index (κ2) is 8.40. The lowest BCUT2D eigenvalue weighted by Gasteiger charge is -2.23. The number of aryl methyl sites for hydroxylation is 2. The highest BCUT2D eigenvalue weighted by atomic mass is 32.2. The maximum Gasteiger partial charge on any atom is 0.266 e. The molecule has 0 N–H and O–H groups in total. The van der Waals surface area contributed by atoms with E-state index in [9.17, 15) is 23.1 Å². The topological polar surface area (TPSA) is 118 Å². The lowest BCUT2D eigenvalue weighted by Crippen LogP contribution is -2.31. The summed E-state index contributed by atoms with van der Waals surface area (Å²) >= 11 is 0. The van der Waals surface area contributed by atoms with E-state index in [0.29, 0.717) is 11.4 Å². The summed E-state index contributed by atoms with van der Waals surface area (Å²) in [6.45, 7) is 4.79. The lowest BCUT2D eigenvalue weighted by atomic mass is 10.00. The number of rotatable bonds is 6. The number of carbonyl (C=O) groups excluding carboxylic acids is 1. The van der Waals surface area contributed by atoms with E-state index in [1.807, 2.05) is 0 Å². The first kappa shape index (κ1) is 23.5. The minimum absolute atomic E-state index is 0.0445. The Morgan fingerprint density at radius 2 is 1.81 bits per heavy atom. The normalized spacial score (nSPS) is 12.8. The molecule has 170 valence electrons. The Hall–Kier alpha value is -3.18. The van der Waals surface area contributed by atoms with E-state index >= 15 is 8.78 Å². The summed E-state index contributed by atoms with van der Waals surface area (Å²) in [6, 6.07) is 3.61. The molecule has 2 heterocycles. The Balaban J connectivity index is 2.50. The molecule has 32 heavy (non-hydrogen) atoms. The number of aromatic nitrogens is 2. The number of hydrogen-bond donors (Lipinski definition) is 0. The smallest absolute Gasteiger partial charge is 0.266 e. The molecule has 0 spiro atoms. The summed E-state index contributed by atoms with van der Waals surface area (Å²) in [5.41, 5.74) is -1.90. The predicted molar refractivity (Wildman–Crippen MR) is 110 cm³/mol. The van der Waals surface area contributed by atoms with Crippen molar-refractivity contribution in [3.8, 4) is 11.1 Å². The molecule has 1 atom stereocenters. The second-order valence-electron chi connectivity index (χ2n) is 7.31. The summed E-state index contributed by atoms with van der Waals surface area (Å²) in [5, 5.41) is 10.9. The van der Waals surface area contributed by atoms with Crippen molar-refractivity contribution < 1.29 is 31.3 Å². The molecule has 0 saturated carbocycles. The largest absolute Gasteiger partial charge is 0.545 e. The van der Waals surface area contributed by atoms with Crippen LogP contribution in [0.1, 0.15) is 41.3 Å². The molecule has 1 aromatic carbocycles. The van der Waals surface area contributed by atoms with Crippen molar-refractivity contribution in [1.29, 1.82) is 0 Å². The maximum absolute atomic E-state index is 15.8. The van der Waals surface area contributed by atoms with E-state index in [-0.39, 0.29) is 12.0 Å². The maximum atomic E-state index is 15.8. The number of carboxylic acid groups (broad SMARTS) is 1. The van der Waals surface area contributed by atoms with Crippen LogP contribution in [0.15, 0.2) is 29.2 Å². The quantitative estimate of drug-likeness (QED) is 0.512. The van der Waals surface area contributed by atoms with Crippen LogP contribution in [-0.4, -0.2) is 30.2 Å². The molecule has 0 bridgehead atoms. The number of fused-ring (bicyclic) bond motifs is 1. The molecule has 3 rings (SSSR count). The minimum Gasteiger partial charge on any atom is -0.545 e. The standard InChI is InChI=1S/C21H20F2N2O6S/c1-5-16(31-32(4,29)30)25-9-14(21(27)28)20(26)13-8-15(22)17(18(23)19(13)25)12-6-10(2)24-11(3)7-12/h6-9,16H,5H2,1-4H3,(H,27,28)/p-1. The van der Waals surface area contributed by atoms with Crippen LogP contribution in [0.3, 0.4) is 0 Å². The average molecular weight is 465 g/mol. The molecule has 1 unspecified atom stereocenters. The fraction of sp³-hybridized carbons (Fsp3) is 0.286. The Morgan fingerprint density at radius 1 is 1.22 bits per heavy atom. The van der Waals surface area contributed by atoms with Gasteiger partial charge in [-0.05, 0) is 44.0 Å². The van der Waals surface area contributed by atoms with Crippen molar-refractivity contribution in [2.45, 2.75) is 33.4 Å². The molecule has 0 fully saturated rings. The van der Waals surface area contributed by atoms with Crippen LogP contribution in [-0.2, 0) is 14.3 Å². The van der Waals surface area contributed by atoms with Gasteiger partial charge >= 0.3 is 0 Å². The summed E-state index contributed by atoms with van der Waals surface area (Å²) in [5.74, 6) is -4.16. The van der Waals surface area contributed by atoms with Crippen LogP contribution < -0.4 is 10.5 Å². The van der Waals surface area contributed by atoms with Gasteiger partial charge in [0.2, 0.25) is 0 Å². The second-order valence-corrected chi connectivity index (χ2v) is 8.91. The first-order chi connectivity index (χ1) is 14.8. The Labute approximate surface area is 182 Å². The molecule has 3 aromatic rings. The number of hydrogen-bond acceptors (Lipinski definition) is 7. The zero-order valence-electron chi connectivity index (χ0n) is 17.6. The van der Waals surface area contributed by atoms with Gasteiger partial charge in [-0.3, -0.25) is 9.78 Å². The van der Waals surface area contributed by atoms with Gasteiger partial charge in [-0.1, -0.05) is 6.92 Å². The number of carboxylic acids is 1. The number of halogens is 2. The summed E-state index contributed by atoms with van der Waals surface area (Å²) in [7, 11) is -4.06. The van der Waals surface area contributed by atoms with Gasteiger partial charge in [0, 0.05) is 17.6 Å². The molecule has 0 amide bonds. The zero-order chi connectivity index (χ0) is 24.0. The summed E-state index contributed by atoms with van der Waals surface area (Å²) in [4.78, 5) is 28.3. The molecular weight excluding hydrogens is 446 g/mol. The van der Waals surface area contributed by atoms with Gasteiger partial charge in [0.05, 0.1) is 34.3 Å². The molecular formula is C21H19F2N2O6S-. The summed E-state index contributed by atoms with van der Waals surface area (Å²) in [6.07, 6.45) is 0.0637. The van der Waals surface area contributed by atoms with Gasteiger partial charge < -0.3 is 14.5 Å². The van der Waals surface area contributed by atoms with Gasteiger partial charge in [0.1, 0.15) is 5.82 Å². The van der Waals surface area contributed by atoms with E-state index in [1.165, 1.54) is 19.1 Å². The number of pyridine rings is 2. The molecule has 0 aliphatic rings. The molecule has 2 aromatic heterocycles. The lowest BCUT2D eigenvalue weighted by molar-refractivity contribution is -0.255. The molecule has 0 aliphatic heterocycles. The Kier molecular flexibility index (Phi) is 6.16. The van der Waals surface area contributed by atoms with Crippen molar-refractivity contribution in [2.24, 2.45) is 0 Å². The van der Waals surface area contributed by atoms with Crippen LogP contribution in [0.2, 0.25) is 0 Å². The third-order valence-corrected chi connectivity index (χ3v) is 5.32. The first-order valence-electron chi connectivity index (χ1n) is 9.46. The molecule has 0 radical (unpaired) electrons. The highest BCUT2D eigenvalue weighted by Gasteiger charge is 2.25. The van der Waals surface area contributed by atoms with Crippen LogP contribution in [0.25, 0.3) is 22.0 Å². The van der Waals surface area contributed by atoms with Crippen molar-refractivity contribution in [1.82, 2.24) is 9.55 Å². The van der Waals surface area contributed by atoms with Crippen LogP contribution in [0.4, 0.5) is 8.78 Å². The predicted octanol–water partition coefficient (Wildman–Crippen LogP) is 2.21. The fourth-order valence-corrected chi connectivity index (χ4v) is 4.20. The number of nitrogens with zero attached hydrogens (tertiary/aromatic N) is 2. The zero-order valence-corrected chi connectivity index (χ0v) is 18.4. The van der Waals surface area contributed by atoms with Crippen LogP contribution >= 0.6 is 0 Å². The van der Waals surface area contributed by atoms with Crippen LogP contribution in [0.5, 0.6) is 0 Å². The van der Waals surface area contributed by atoms with Gasteiger partial charge in [-0.25, -0.2) is 13.0 Å². The number of benzene rings is 1. The molecule has 11 heteroatoms. The van der Waals surface area contributed by atoms with Crippen LogP contribution in [0, 0.1) is 25.5 Å². The van der Waals surface area contributed by atoms with E-state index in [0.717, 1.165) is 23.1 Å². The fourth-order valence-electron chi connectivity index (χ4n) is 3.57. The van der Waals surface area contributed by atoms with Crippen molar-refractivity contribution in [2.75, 3.05) is 6.26 Å². The van der Waals surface area contributed by atoms with Crippen molar-refractivity contribution in [3.63, 3.8) is 0 Å². The SMILES string of the molecule is CCC(OS(C)(=O)=O)n1cc(C(=O)[O-])c(=O)c2cc(F)c(-c3cc(C)nc(C)c3)c(F)c21. The molecule has 8 nitrogen and oxygen atoms in total. The average Bonchev–Trinajstić information content (AvgIpc) is 2.65. The van der Waals surface area contributed by atoms with Gasteiger partial charge in [-0.2, -0.15) is 8.42 Å². The number of carbonyl (C=O) groups is 1. The van der Waals surface area contributed by atoms with Gasteiger partial charge in [0.25, 0.3) is 10.1 Å². The van der Waals surface area contributed by atoms with E-state index in [2.05, 4.69) is 4.98 Å². The third-order valence-electron chi connectivity index (χ3n) is 4.74. The van der Waals surface area contributed by atoms with Crippen molar-refractivity contribution >= 4 is 27.0 Å². The first-order valence-corrected chi connectivity index (χ1v) is 11.3. The number of aromatic carboxylic acids is 1. The Morgan fingerprint density at radius 3 is 2.31 bits per heavy atom. The highest BCUT2D eigenvalue weighted by Crippen LogP contribution is 2.33. The van der Waals surface area contributed by atoms with E-state index in [4.69, 9.17) is 4.18 Å². The van der Waals surface area contributed by atoms with Gasteiger partial charge in [-0.15, -0.1) is 0 Å².